The number of hydrogen-bond donors (Lipinski definition) is 1. The summed E-state index contributed by atoms with van der Waals surface area (Å²) in [6, 6.07) is 5.97. The van der Waals surface area contributed by atoms with E-state index >= 15 is 0 Å². The highest BCUT2D eigenvalue weighted by Gasteiger charge is 2.43. The van der Waals surface area contributed by atoms with Gasteiger partial charge in [-0.05, 0) is 24.3 Å². The summed E-state index contributed by atoms with van der Waals surface area (Å²) in [5.74, 6) is -2.17. The predicted molar refractivity (Wildman–Crippen MR) is 89.8 cm³/mol. The third-order valence-electron chi connectivity index (χ3n) is 4.34. The molecule has 1 aromatic heterocycles. The minimum atomic E-state index is -3.08. The normalized spacial score (nSPS) is 20.9. The molecule has 2 heterocycles. The van der Waals surface area contributed by atoms with E-state index < -0.39 is 17.7 Å². The number of nitrogens with zero attached hydrogens (tertiary/aromatic N) is 2. The molecule has 0 bridgehead atoms. The highest BCUT2D eigenvalue weighted by molar-refractivity contribution is 8.00. The number of fused-ring (bicyclic) bond motifs is 2. The van der Waals surface area contributed by atoms with Crippen molar-refractivity contribution >= 4 is 23.7 Å². The van der Waals surface area contributed by atoms with Gasteiger partial charge < -0.3 is 0 Å². The molecule has 0 saturated heterocycles. The molecule has 3 nitrogen and oxygen atoms in total. The van der Waals surface area contributed by atoms with Gasteiger partial charge in [0.05, 0.1) is 11.7 Å². The van der Waals surface area contributed by atoms with E-state index in [9.17, 15) is 13.2 Å². The SMILES string of the molecule is CSNC1CSc2cc(-c3nc(F)nc4c3CCC4(F)F)ccc21. The summed E-state index contributed by atoms with van der Waals surface area (Å²) in [6.45, 7) is 0. The molecule has 8 heteroatoms. The van der Waals surface area contributed by atoms with Crippen molar-refractivity contribution in [1.29, 1.82) is 0 Å². The largest absolute Gasteiger partial charge is 0.309 e. The quantitative estimate of drug-likeness (QED) is 0.644. The van der Waals surface area contributed by atoms with E-state index in [1.165, 1.54) is 5.56 Å². The van der Waals surface area contributed by atoms with Crippen molar-refractivity contribution in [3.8, 4) is 11.3 Å². The first-order valence-corrected chi connectivity index (χ1v) is 9.71. The zero-order chi connectivity index (χ0) is 16.9. The predicted octanol–water partition coefficient (Wildman–Crippen LogP) is 4.34. The average Bonchev–Trinajstić information content (AvgIpc) is 3.08. The number of thioether (sulfide) groups is 1. The summed E-state index contributed by atoms with van der Waals surface area (Å²) < 4.78 is 44.8. The Labute approximate surface area is 146 Å². The third kappa shape index (κ3) is 2.60. The molecule has 1 unspecified atom stereocenters. The molecular formula is C16H14F3N3S2. The lowest BCUT2D eigenvalue weighted by atomic mass is 10.0. The summed E-state index contributed by atoms with van der Waals surface area (Å²) in [4.78, 5) is 8.26. The number of halogens is 3. The van der Waals surface area contributed by atoms with Crippen molar-refractivity contribution in [2.75, 3.05) is 12.0 Å². The zero-order valence-electron chi connectivity index (χ0n) is 12.8. The Balaban J connectivity index is 1.79. The molecule has 2 aromatic rings. The van der Waals surface area contributed by atoms with Gasteiger partial charge in [-0.1, -0.05) is 24.1 Å². The van der Waals surface area contributed by atoms with Crippen molar-refractivity contribution in [1.82, 2.24) is 14.7 Å². The molecule has 1 aliphatic carbocycles. The van der Waals surface area contributed by atoms with Gasteiger partial charge in [0.1, 0.15) is 5.69 Å². The second-order valence-electron chi connectivity index (χ2n) is 5.81. The minimum absolute atomic E-state index is 0.166. The van der Waals surface area contributed by atoms with Crippen LogP contribution in [0.15, 0.2) is 23.1 Å². The topological polar surface area (TPSA) is 37.8 Å². The van der Waals surface area contributed by atoms with Crippen LogP contribution in [-0.2, 0) is 12.3 Å². The van der Waals surface area contributed by atoms with E-state index in [0.29, 0.717) is 16.8 Å². The molecule has 1 N–H and O–H groups in total. The van der Waals surface area contributed by atoms with E-state index in [1.54, 1.807) is 23.7 Å². The van der Waals surface area contributed by atoms with E-state index in [2.05, 4.69) is 14.7 Å². The smallest absolute Gasteiger partial charge is 0.256 e. The van der Waals surface area contributed by atoms with Gasteiger partial charge in [-0.2, -0.15) is 13.2 Å². The van der Waals surface area contributed by atoms with Crippen LogP contribution in [0.25, 0.3) is 11.3 Å². The van der Waals surface area contributed by atoms with Crippen molar-refractivity contribution < 1.29 is 13.2 Å². The zero-order valence-corrected chi connectivity index (χ0v) is 14.4. The molecule has 126 valence electrons. The van der Waals surface area contributed by atoms with E-state index in [4.69, 9.17) is 0 Å². The van der Waals surface area contributed by atoms with Gasteiger partial charge >= 0.3 is 6.08 Å². The van der Waals surface area contributed by atoms with Crippen LogP contribution in [-0.4, -0.2) is 22.0 Å². The Morgan fingerprint density at radius 3 is 2.96 bits per heavy atom. The van der Waals surface area contributed by atoms with Crippen LogP contribution in [0.3, 0.4) is 0 Å². The van der Waals surface area contributed by atoms with Gasteiger partial charge in [-0.25, -0.2) is 9.97 Å². The fraction of sp³-hybridized carbons (Fsp3) is 0.375. The summed E-state index contributed by atoms with van der Waals surface area (Å²) in [5, 5.41) is 0. The van der Waals surface area contributed by atoms with Crippen LogP contribution in [0.1, 0.15) is 29.3 Å². The molecule has 0 radical (unpaired) electrons. The van der Waals surface area contributed by atoms with Crippen LogP contribution < -0.4 is 4.72 Å². The number of rotatable bonds is 3. The van der Waals surface area contributed by atoms with E-state index in [-0.39, 0.29) is 18.9 Å². The number of nitrogens with one attached hydrogen (secondary N) is 1. The number of alkyl halides is 2. The molecule has 2 aliphatic rings. The Morgan fingerprint density at radius 2 is 2.17 bits per heavy atom. The minimum Gasteiger partial charge on any atom is -0.256 e. The fourth-order valence-corrected chi connectivity index (χ4v) is 5.03. The summed E-state index contributed by atoms with van der Waals surface area (Å²) >= 11 is 3.27. The lowest BCUT2D eigenvalue weighted by Crippen LogP contribution is -2.13. The molecule has 0 fully saturated rings. The van der Waals surface area contributed by atoms with E-state index in [0.717, 1.165) is 10.6 Å². The first-order chi connectivity index (χ1) is 11.5. The Kier molecular flexibility index (Phi) is 4.01. The molecule has 0 spiro atoms. The second-order valence-corrected chi connectivity index (χ2v) is 7.52. The molecule has 4 rings (SSSR count). The molecule has 24 heavy (non-hydrogen) atoms. The molecule has 1 atom stereocenters. The summed E-state index contributed by atoms with van der Waals surface area (Å²) in [7, 11) is 0. The number of hydrogen-bond acceptors (Lipinski definition) is 5. The lowest BCUT2D eigenvalue weighted by Gasteiger charge is -2.13. The second kappa shape index (κ2) is 5.93. The maximum Gasteiger partial charge on any atom is 0.309 e. The summed E-state index contributed by atoms with van der Waals surface area (Å²) in [5.41, 5.74) is 2.04. The highest BCUT2D eigenvalue weighted by atomic mass is 32.2. The van der Waals surface area contributed by atoms with Crippen LogP contribution in [0, 0.1) is 6.08 Å². The molecule has 0 saturated carbocycles. The standard InChI is InChI=1S/C16H14F3N3S2/c1-23-22-11-7-24-12-6-8(2-3-9(11)12)13-10-4-5-16(18,19)14(10)21-15(17)20-13/h2-3,6,11,22H,4-5,7H2,1H3. The highest BCUT2D eigenvalue weighted by Crippen LogP contribution is 2.45. The maximum atomic E-state index is 13.9. The van der Waals surface area contributed by atoms with Crippen LogP contribution in [0.5, 0.6) is 0 Å². The van der Waals surface area contributed by atoms with Crippen LogP contribution in [0.2, 0.25) is 0 Å². The molecular weight excluding hydrogens is 355 g/mol. The first kappa shape index (κ1) is 16.2. The molecule has 1 aliphatic heterocycles. The lowest BCUT2D eigenvalue weighted by molar-refractivity contribution is -0.00671. The Hall–Kier alpha value is -1.25. The Morgan fingerprint density at radius 1 is 1.33 bits per heavy atom. The molecule has 0 amide bonds. The Bertz CT molecular complexity index is 813. The monoisotopic (exact) mass is 369 g/mol. The fourth-order valence-electron chi connectivity index (χ4n) is 3.23. The van der Waals surface area contributed by atoms with Gasteiger partial charge in [0, 0.05) is 28.2 Å². The first-order valence-electron chi connectivity index (χ1n) is 7.50. The van der Waals surface area contributed by atoms with Crippen LogP contribution >= 0.6 is 23.7 Å². The van der Waals surface area contributed by atoms with Crippen molar-refractivity contribution in [2.24, 2.45) is 0 Å². The molecule has 1 aromatic carbocycles. The summed E-state index contributed by atoms with van der Waals surface area (Å²) in [6.07, 6.45) is 0.705. The third-order valence-corrected chi connectivity index (χ3v) is 6.03. The van der Waals surface area contributed by atoms with Gasteiger partial charge in [0.25, 0.3) is 5.92 Å². The maximum absolute atomic E-state index is 13.9. The van der Waals surface area contributed by atoms with E-state index in [1.807, 2.05) is 24.5 Å². The number of benzene rings is 1. The van der Waals surface area contributed by atoms with Gasteiger partial charge in [-0.15, -0.1) is 11.8 Å². The van der Waals surface area contributed by atoms with Crippen LogP contribution in [0.4, 0.5) is 13.2 Å². The van der Waals surface area contributed by atoms with Gasteiger partial charge in [0.2, 0.25) is 0 Å². The van der Waals surface area contributed by atoms with Crippen molar-refractivity contribution in [3.63, 3.8) is 0 Å². The van der Waals surface area contributed by atoms with Crippen molar-refractivity contribution in [2.45, 2.75) is 29.7 Å². The van der Waals surface area contributed by atoms with Crippen molar-refractivity contribution in [3.05, 3.63) is 41.1 Å². The van der Waals surface area contributed by atoms with Gasteiger partial charge in [-0.3, -0.25) is 4.72 Å². The number of aromatic nitrogens is 2. The van der Waals surface area contributed by atoms with Gasteiger partial charge in [0.15, 0.2) is 0 Å². The average molecular weight is 369 g/mol.